The Balaban J connectivity index is 1.42. The van der Waals surface area contributed by atoms with Crippen LogP contribution in [0.25, 0.3) is 75.0 Å². The fraction of sp³-hybridized carbons (Fsp3) is 0.0789. The van der Waals surface area contributed by atoms with Gasteiger partial charge in [-0.25, -0.2) is 4.98 Å². The van der Waals surface area contributed by atoms with E-state index in [0.29, 0.717) is 0 Å². The lowest BCUT2D eigenvalue weighted by atomic mass is 9.93. The van der Waals surface area contributed by atoms with Crippen molar-refractivity contribution in [3.05, 3.63) is 126 Å². The summed E-state index contributed by atoms with van der Waals surface area (Å²) in [6.07, 6.45) is 0. The van der Waals surface area contributed by atoms with Gasteiger partial charge in [0.25, 0.3) is 0 Å². The second-order valence-corrected chi connectivity index (χ2v) is 12.0. The molecule has 0 aliphatic heterocycles. The molecule has 8 rings (SSSR count). The van der Waals surface area contributed by atoms with Crippen LogP contribution in [0.4, 0.5) is 0 Å². The van der Waals surface area contributed by atoms with E-state index in [1.165, 1.54) is 80.5 Å². The van der Waals surface area contributed by atoms with E-state index in [-0.39, 0.29) is 0 Å². The minimum absolute atomic E-state index is 1.01. The summed E-state index contributed by atoms with van der Waals surface area (Å²) in [5, 5.41) is 8.88. The van der Waals surface area contributed by atoms with Crippen molar-refractivity contribution >= 4 is 64.0 Å². The van der Waals surface area contributed by atoms with Crippen LogP contribution in [-0.2, 0) is 0 Å². The van der Waals surface area contributed by atoms with Crippen LogP contribution >= 0.6 is 11.3 Å². The van der Waals surface area contributed by atoms with E-state index >= 15 is 0 Å². The van der Waals surface area contributed by atoms with Crippen LogP contribution in [0.5, 0.6) is 0 Å². The molecule has 0 N–H and O–H groups in total. The Morgan fingerprint density at radius 3 is 1.73 bits per heavy atom. The molecule has 0 aliphatic rings. The number of nitrogens with zero attached hydrogens (tertiary/aromatic N) is 1. The number of hydrogen-bond acceptors (Lipinski definition) is 2. The number of aryl methyl sites for hydroxylation is 3. The van der Waals surface area contributed by atoms with Crippen LogP contribution in [0.15, 0.2) is 109 Å². The Morgan fingerprint density at radius 2 is 1.00 bits per heavy atom. The fourth-order valence-electron chi connectivity index (χ4n) is 6.53. The van der Waals surface area contributed by atoms with Gasteiger partial charge < -0.3 is 0 Å². The van der Waals surface area contributed by atoms with Gasteiger partial charge in [-0.3, -0.25) is 0 Å². The molecule has 0 saturated heterocycles. The number of pyridine rings is 1. The molecule has 0 spiro atoms. The van der Waals surface area contributed by atoms with Crippen LogP contribution in [0.2, 0.25) is 0 Å². The lowest BCUT2D eigenvalue weighted by Gasteiger charge is -2.14. The van der Waals surface area contributed by atoms with Gasteiger partial charge in [-0.15, -0.1) is 11.3 Å². The summed E-state index contributed by atoms with van der Waals surface area (Å²) in [6.45, 7) is 6.64. The average molecular weight is 530 g/mol. The Kier molecular flexibility index (Phi) is 5.11. The van der Waals surface area contributed by atoms with Crippen molar-refractivity contribution in [3.63, 3.8) is 0 Å². The van der Waals surface area contributed by atoms with Crippen molar-refractivity contribution in [2.45, 2.75) is 20.8 Å². The monoisotopic (exact) mass is 529 g/mol. The molecule has 0 atom stereocenters. The summed E-state index contributed by atoms with van der Waals surface area (Å²) in [7, 11) is 0. The maximum atomic E-state index is 5.38. The largest absolute Gasteiger partial charge is 0.247 e. The summed E-state index contributed by atoms with van der Waals surface area (Å²) in [4.78, 5) is 5.38. The SMILES string of the molecule is Cc1cc(C)c2sc3c(-c4ccccc4-c4ccc5c6ccccc6c6ccccc6c5n4)cc(C)cc3c2c1. The molecule has 0 unspecified atom stereocenters. The molecular formula is C38H27NS. The van der Waals surface area contributed by atoms with Crippen LogP contribution in [-0.4, -0.2) is 4.98 Å². The molecule has 2 aromatic heterocycles. The van der Waals surface area contributed by atoms with Gasteiger partial charge in [0, 0.05) is 42.1 Å². The Labute approximate surface area is 237 Å². The van der Waals surface area contributed by atoms with E-state index < -0.39 is 0 Å². The standard InChI is InChI=1S/C38H27NS/c1-22-18-24(3)37-33(19-22)34-21-23(2)20-32(38(34)40-37)28-13-6-8-14-29(28)35-17-16-31-27-12-5-4-10-25(27)26-11-7-9-15-30(26)36(31)39-35/h4-21H,1-3H3. The Hall–Kier alpha value is -4.53. The summed E-state index contributed by atoms with van der Waals surface area (Å²) in [5.41, 5.74) is 9.69. The average Bonchev–Trinajstić information content (AvgIpc) is 3.35. The maximum absolute atomic E-state index is 5.38. The highest BCUT2D eigenvalue weighted by Crippen LogP contribution is 2.45. The van der Waals surface area contributed by atoms with Crippen molar-refractivity contribution in [2.75, 3.05) is 0 Å². The summed E-state index contributed by atoms with van der Waals surface area (Å²) >= 11 is 1.92. The van der Waals surface area contributed by atoms with Crippen LogP contribution < -0.4 is 0 Å². The number of aromatic nitrogens is 1. The molecule has 1 nitrogen and oxygen atoms in total. The number of fused-ring (bicyclic) bond motifs is 9. The summed E-state index contributed by atoms with van der Waals surface area (Å²) in [5.74, 6) is 0. The quantitative estimate of drug-likeness (QED) is 0.203. The van der Waals surface area contributed by atoms with Gasteiger partial charge in [0.1, 0.15) is 0 Å². The zero-order valence-electron chi connectivity index (χ0n) is 22.7. The first-order chi connectivity index (χ1) is 19.6. The first-order valence-corrected chi connectivity index (χ1v) is 14.6. The number of rotatable bonds is 2. The van der Waals surface area contributed by atoms with Crippen LogP contribution in [0.1, 0.15) is 16.7 Å². The van der Waals surface area contributed by atoms with Gasteiger partial charge in [-0.05, 0) is 84.0 Å². The highest BCUT2D eigenvalue weighted by molar-refractivity contribution is 7.26. The molecule has 40 heavy (non-hydrogen) atoms. The first kappa shape index (κ1) is 23.4. The molecule has 0 aliphatic carbocycles. The summed E-state index contributed by atoms with van der Waals surface area (Å²) < 4.78 is 2.73. The lowest BCUT2D eigenvalue weighted by molar-refractivity contribution is 1.41. The number of thiophene rings is 1. The maximum Gasteiger partial charge on any atom is 0.0794 e. The van der Waals surface area contributed by atoms with E-state index in [4.69, 9.17) is 4.98 Å². The van der Waals surface area contributed by atoms with Crippen molar-refractivity contribution in [1.29, 1.82) is 0 Å². The number of benzene rings is 6. The molecular weight excluding hydrogens is 502 g/mol. The third-order valence-electron chi connectivity index (χ3n) is 8.22. The molecule has 190 valence electrons. The van der Waals surface area contributed by atoms with Crippen molar-refractivity contribution in [1.82, 2.24) is 4.98 Å². The normalized spacial score (nSPS) is 11.9. The second-order valence-electron chi connectivity index (χ2n) is 11.0. The van der Waals surface area contributed by atoms with E-state index in [1.54, 1.807) is 0 Å². The highest BCUT2D eigenvalue weighted by atomic mass is 32.1. The number of hydrogen-bond donors (Lipinski definition) is 0. The molecule has 0 bridgehead atoms. The van der Waals surface area contributed by atoms with Crippen molar-refractivity contribution in [3.8, 4) is 22.4 Å². The van der Waals surface area contributed by atoms with Gasteiger partial charge in [0.15, 0.2) is 0 Å². The molecule has 0 saturated carbocycles. The third-order valence-corrected chi connectivity index (χ3v) is 9.61. The topological polar surface area (TPSA) is 12.9 Å². The van der Waals surface area contributed by atoms with E-state index in [1.807, 2.05) is 11.3 Å². The Bertz CT molecular complexity index is 2270. The van der Waals surface area contributed by atoms with E-state index in [9.17, 15) is 0 Å². The zero-order valence-corrected chi connectivity index (χ0v) is 23.6. The van der Waals surface area contributed by atoms with Crippen LogP contribution in [0.3, 0.4) is 0 Å². The predicted octanol–water partition coefficient (Wildman–Crippen LogP) is 11.2. The highest BCUT2D eigenvalue weighted by Gasteiger charge is 2.17. The Morgan fingerprint density at radius 1 is 0.450 bits per heavy atom. The lowest BCUT2D eigenvalue weighted by Crippen LogP contribution is -1.92. The van der Waals surface area contributed by atoms with Gasteiger partial charge >= 0.3 is 0 Å². The van der Waals surface area contributed by atoms with Crippen molar-refractivity contribution in [2.24, 2.45) is 0 Å². The minimum atomic E-state index is 1.01. The smallest absolute Gasteiger partial charge is 0.0794 e. The minimum Gasteiger partial charge on any atom is -0.247 e. The molecule has 8 aromatic rings. The van der Waals surface area contributed by atoms with Gasteiger partial charge in [-0.2, -0.15) is 0 Å². The second kappa shape index (κ2) is 8.74. The first-order valence-electron chi connectivity index (χ1n) is 13.8. The summed E-state index contributed by atoms with van der Waals surface area (Å²) in [6, 6.07) is 39.9. The molecule has 6 aromatic carbocycles. The molecule has 0 amide bonds. The van der Waals surface area contributed by atoms with E-state index in [0.717, 1.165) is 11.2 Å². The molecule has 2 heterocycles. The molecule has 0 radical (unpaired) electrons. The zero-order chi connectivity index (χ0) is 27.0. The molecule has 0 fully saturated rings. The van der Waals surface area contributed by atoms with Gasteiger partial charge in [0.05, 0.1) is 11.2 Å². The van der Waals surface area contributed by atoms with Crippen LogP contribution in [0, 0.1) is 20.8 Å². The van der Waals surface area contributed by atoms with Crippen molar-refractivity contribution < 1.29 is 0 Å². The fourth-order valence-corrected chi connectivity index (χ4v) is 7.79. The molecule has 2 heteroatoms. The van der Waals surface area contributed by atoms with Gasteiger partial charge in [0.2, 0.25) is 0 Å². The van der Waals surface area contributed by atoms with E-state index in [2.05, 4.69) is 130 Å². The third kappa shape index (κ3) is 3.43. The predicted molar refractivity (Wildman–Crippen MR) is 175 cm³/mol. The van der Waals surface area contributed by atoms with Gasteiger partial charge in [-0.1, -0.05) is 84.4 Å².